The van der Waals surface area contributed by atoms with Crippen LogP contribution in [0.5, 0.6) is 5.75 Å². The summed E-state index contributed by atoms with van der Waals surface area (Å²) in [6.45, 7) is 2.51. The Labute approximate surface area is 107 Å². The van der Waals surface area contributed by atoms with Crippen molar-refractivity contribution in [3.63, 3.8) is 0 Å². The van der Waals surface area contributed by atoms with Gasteiger partial charge in [0.15, 0.2) is 6.10 Å². The molecule has 1 amide bonds. The fraction of sp³-hybridized carbons (Fsp3) is 0.500. The van der Waals surface area contributed by atoms with Crippen molar-refractivity contribution in [2.75, 3.05) is 13.6 Å². The molecule has 0 radical (unpaired) electrons. The summed E-state index contributed by atoms with van der Waals surface area (Å²) in [5.41, 5.74) is 1.06. The fourth-order valence-corrected chi connectivity index (χ4v) is 2.11. The second kappa shape index (κ2) is 5.40. The Morgan fingerprint density at radius 2 is 2.11 bits per heavy atom. The highest BCUT2D eigenvalue weighted by molar-refractivity contribution is 5.83. The van der Waals surface area contributed by atoms with Gasteiger partial charge in [0.25, 0.3) is 5.91 Å². The number of hydrogen-bond donors (Lipinski definition) is 1. The number of carbonyl (C=O) groups is 1. The van der Waals surface area contributed by atoms with E-state index in [-0.39, 0.29) is 18.1 Å². The average molecular weight is 249 g/mol. The Morgan fingerprint density at radius 1 is 1.44 bits per heavy atom. The predicted molar refractivity (Wildman–Crippen MR) is 68.5 cm³/mol. The van der Waals surface area contributed by atoms with Crippen molar-refractivity contribution in [1.29, 1.82) is 0 Å². The van der Waals surface area contributed by atoms with Gasteiger partial charge in [-0.3, -0.25) is 4.79 Å². The second-order valence-corrected chi connectivity index (χ2v) is 4.85. The lowest BCUT2D eigenvalue weighted by Gasteiger charge is -2.13. The maximum Gasteiger partial charge on any atom is 0.263 e. The van der Waals surface area contributed by atoms with Crippen molar-refractivity contribution >= 4 is 5.91 Å². The molecular weight excluding hydrogens is 230 g/mol. The van der Waals surface area contributed by atoms with E-state index in [9.17, 15) is 9.90 Å². The summed E-state index contributed by atoms with van der Waals surface area (Å²) >= 11 is 0. The molecule has 0 spiro atoms. The smallest absolute Gasteiger partial charge is 0.263 e. The summed E-state index contributed by atoms with van der Waals surface area (Å²) in [5, 5.41) is 9.29. The summed E-state index contributed by atoms with van der Waals surface area (Å²) in [6.07, 6.45) is 0.676. The molecule has 0 aromatic heterocycles. The lowest BCUT2D eigenvalue weighted by atomic mass is 10.1. The number of likely N-dealkylation sites (tertiary alicyclic amines) is 1. The minimum absolute atomic E-state index is 0.0445. The first-order chi connectivity index (χ1) is 8.56. The van der Waals surface area contributed by atoms with Gasteiger partial charge >= 0.3 is 0 Å². The Hall–Kier alpha value is -1.55. The van der Waals surface area contributed by atoms with E-state index in [0.29, 0.717) is 12.2 Å². The summed E-state index contributed by atoms with van der Waals surface area (Å²) in [5.74, 6) is 0.751. The highest BCUT2D eigenvalue weighted by atomic mass is 16.5. The van der Waals surface area contributed by atoms with Gasteiger partial charge < -0.3 is 14.7 Å². The Kier molecular flexibility index (Phi) is 3.87. The van der Waals surface area contributed by atoms with Gasteiger partial charge in [-0.15, -0.1) is 0 Å². The van der Waals surface area contributed by atoms with Crippen molar-refractivity contribution < 1.29 is 14.6 Å². The Balaban J connectivity index is 1.96. The van der Waals surface area contributed by atoms with Crippen LogP contribution in [0.25, 0.3) is 0 Å². The van der Waals surface area contributed by atoms with Gasteiger partial charge in [-0.25, -0.2) is 0 Å². The highest BCUT2D eigenvalue weighted by Crippen LogP contribution is 2.19. The first kappa shape index (κ1) is 12.9. The zero-order valence-electron chi connectivity index (χ0n) is 10.8. The zero-order valence-corrected chi connectivity index (χ0v) is 10.8. The third-order valence-electron chi connectivity index (χ3n) is 3.11. The van der Waals surface area contributed by atoms with Crippen molar-refractivity contribution in [2.24, 2.45) is 0 Å². The Bertz CT molecular complexity index is 414. The van der Waals surface area contributed by atoms with Crippen LogP contribution in [-0.4, -0.2) is 41.7 Å². The number of aliphatic hydroxyl groups excluding tert-OH is 1. The normalized spacial score (nSPS) is 21.2. The Morgan fingerprint density at radius 3 is 2.61 bits per heavy atom. The van der Waals surface area contributed by atoms with Gasteiger partial charge in [0.2, 0.25) is 0 Å². The SMILES string of the molecule is CC(O)Cc1ccc(OC2CCN(C)C2=O)cc1. The zero-order chi connectivity index (χ0) is 13.1. The molecule has 1 aliphatic rings. The number of aliphatic hydroxyl groups is 1. The van der Waals surface area contributed by atoms with Gasteiger partial charge in [-0.1, -0.05) is 12.1 Å². The van der Waals surface area contributed by atoms with Gasteiger partial charge in [0.1, 0.15) is 5.75 Å². The van der Waals surface area contributed by atoms with E-state index in [2.05, 4.69) is 0 Å². The van der Waals surface area contributed by atoms with Gasteiger partial charge in [0, 0.05) is 20.0 Å². The molecule has 1 N–H and O–H groups in total. The largest absolute Gasteiger partial charge is 0.481 e. The molecule has 1 aromatic carbocycles. The molecule has 2 rings (SSSR count). The van der Waals surface area contributed by atoms with E-state index >= 15 is 0 Å². The number of carbonyl (C=O) groups excluding carboxylic acids is 1. The molecule has 1 aliphatic heterocycles. The third kappa shape index (κ3) is 3.01. The molecule has 0 bridgehead atoms. The van der Waals surface area contributed by atoms with Crippen LogP contribution in [0.3, 0.4) is 0 Å². The number of likely N-dealkylation sites (N-methyl/N-ethyl adjacent to an activating group) is 1. The molecule has 2 atom stereocenters. The van der Waals surface area contributed by atoms with E-state index in [1.807, 2.05) is 24.3 Å². The van der Waals surface area contributed by atoms with Crippen molar-refractivity contribution in [2.45, 2.75) is 32.0 Å². The van der Waals surface area contributed by atoms with Crippen molar-refractivity contribution in [1.82, 2.24) is 4.90 Å². The van der Waals surface area contributed by atoms with E-state index in [0.717, 1.165) is 18.5 Å². The van der Waals surface area contributed by atoms with Crippen LogP contribution in [0.4, 0.5) is 0 Å². The van der Waals surface area contributed by atoms with E-state index in [4.69, 9.17) is 4.74 Å². The standard InChI is InChI=1S/C14H19NO3/c1-10(16)9-11-3-5-12(6-4-11)18-13-7-8-15(2)14(13)17/h3-6,10,13,16H,7-9H2,1-2H3. The molecule has 1 fully saturated rings. The van der Waals surface area contributed by atoms with Crippen LogP contribution in [0.2, 0.25) is 0 Å². The van der Waals surface area contributed by atoms with E-state index < -0.39 is 0 Å². The quantitative estimate of drug-likeness (QED) is 0.873. The van der Waals surface area contributed by atoms with Gasteiger partial charge in [0.05, 0.1) is 6.10 Å². The number of hydrogen-bond acceptors (Lipinski definition) is 3. The van der Waals surface area contributed by atoms with Crippen LogP contribution < -0.4 is 4.74 Å². The first-order valence-electron chi connectivity index (χ1n) is 6.25. The molecule has 18 heavy (non-hydrogen) atoms. The molecule has 1 heterocycles. The number of nitrogens with zero attached hydrogens (tertiary/aromatic N) is 1. The van der Waals surface area contributed by atoms with Crippen molar-refractivity contribution in [3.05, 3.63) is 29.8 Å². The lowest BCUT2D eigenvalue weighted by molar-refractivity contribution is -0.132. The van der Waals surface area contributed by atoms with Gasteiger partial charge in [-0.05, 0) is 31.0 Å². The van der Waals surface area contributed by atoms with Crippen LogP contribution in [-0.2, 0) is 11.2 Å². The van der Waals surface area contributed by atoms with Crippen LogP contribution in [0.1, 0.15) is 18.9 Å². The number of rotatable bonds is 4. The van der Waals surface area contributed by atoms with Crippen LogP contribution in [0.15, 0.2) is 24.3 Å². The minimum atomic E-state index is -0.349. The van der Waals surface area contributed by atoms with E-state index in [1.165, 1.54) is 0 Å². The van der Waals surface area contributed by atoms with Crippen LogP contribution >= 0.6 is 0 Å². The average Bonchev–Trinajstić information content (AvgIpc) is 2.63. The summed E-state index contributed by atoms with van der Waals surface area (Å²) in [7, 11) is 1.79. The number of ether oxygens (including phenoxy) is 1. The van der Waals surface area contributed by atoms with E-state index in [1.54, 1.807) is 18.9 Å². The number of amides is 1. The minimum Gasteiger partial charge on any atom is -0.481 e. The monoisotopic (exact) mass is 249 g/mol. The highest BCUT2D eigenvalue weighted by Gasteiger charge is 2.30. The molecule has 1 aromatic rings. The molecule has 0 aliphatic carbocycles. The summed E-state index contributed by atoms with van der Waals surface area (Å²) in [6, 6.07) is 7.54. The van der Waals surface area contributed by atoms with Crippen LogP contribution in [0, 0.1) is 0 Å². The second-order valence-electron chi connectivity index (χ2n) is 4.85. The molecule has 4 heteroatoms. The molecule has 0 saturated carbocycles. The van der Waals surface area contributed by atoms with Crippen molar-refractivity contribution in [3.8, 4) is 5.75 Å². The molecule has 4 nitrogen and oxygen atoms in total. The maximum absolute atomic E-state index is 11.7. The van der Waals surface area contributed by atoms with Gasteiger partial charge in [-0.2, -0.15) is 0 Å². The third-order valence-corrected chi connectivity index (χ3v) is 3.11. The molecular formula is C14H19NO3. The molecule has 98 valence electrons. The maximum atomic E-state index is 11.7. The predicted octanol–water partition coefficient (Wildman–Crippen LogP) is 1.22. The molecule has 2 unspecified atom stereocenters. The molecule has 1 saturated heterocycles. The number of benzene rings is 1. The summed E-state index contributed by atoms with van der Waals surface area (Å²) in [4.78, 5) is 13.4. The summed E-state index contributed by atoms with van der Waals surface area (Å²) < 4.78 is 5.66. The lowest BCUT2D eigenvalue weighted by Crippen LogP contribution is -2.29. The topological polar surface area (TPSA) is 49.8 Å². The fourth-order valence-electron chi connectivity index (χ4n) is 2.11. The first-order valence-corrected chi connectivity index (χ1v) is 6.25.